The van der Waals surface area contributed by atoms with E-state index in [-0.39, 0.29) is 34.2 Å². The maximum atomic E-state index is 15.2. The number of carbonyl (C=O) groups excluding carboxylic acids is 7. The van der Waals surface area contributed by atoms with Gasteiger partial charge in [0.15, 0.2) is 0 Å². The molecule has 2 atom stereocenters. The molecule has 0 saturated carbocycles. The van der Waals surface area contributed by atoms with Crippen LogP contribution < -0.4 is 24.9 Å². The van der Waals surface area contributed by atoms with Crippen molar-refractivity contribution in [2.24, 2.45) is 0 Å². The van der Waals surface area contributed by atoms with Crippen molar-refractivity contribution in [1.29, 1.82) is 0 Å². The predicted octanol–water partition coefficient (Wildman–Crippen LogP) is 6.01. The van der Waals surface area contributed by atoms with E-state index in [2.05, 4.69) is 5.32 Å². The van der Waals surface area contributed by atoms with Crippen LogP contribution >= 0.6 is 0 Å². The van der Waals surface area contributed by atoms with Crippen molar-refractivity contribution in [3.8, 4) is 0 Å². The second kappa shape index (κ2) is 20.1. The maximum Gasteiger partial charge on any atom is 0.414 e. The molecule has 72 heavy (non-hydrogen) atoms. The van der Waals surface area contributed by atoms with Crippen LogP contribution in [0.15, 0.2) is 115 Å². The Morgan fingerprint density at radius 2 is 0.972 bits per heavy atom. The molecule has 0 radical (unpaired) electrons. The predicted molar refractivity (Wildman–Crippen MR) is 259 cm³/mol. The van der Waals surface area contributed by atoms with Gasteiger partial charge in [-0.1, -0.05) is 54.6 Å². The van der Waals surface area contributed by atoms with Gasteiger partial charge in [-0.15, -0.1) is 0 Å². The lowest BCUT2D eigenvalue weighted by atomic mass is 10.1. The van der Waals surface area contributed by atoms with Crippen molar-refractivity contribution in [2.45, 2.75) is 18.8 Å². The number of hydrogen-bond donors (Lipinski definition) is 1. The summed E-state index contributed by atoms with van der Waals surface area (Å²) in [7, 11) is 0. The van der Waals surface area contributed by atoms with Crippen LogP contribution in [0.5, 0.6) is 0 Å². The van der Waals surface area contributed by atoms with Gasteiger partial charge >= 0.3 is 18.3 Å². The number of anilines is 4. The van der Waals surface area contributed by atoms with E-state index in [1.165, 1.54) is 21.9 Å². The minimum absolute atomic E-state index is 0. The number of benzene rings is 5. The summed E-state index contributed by atoms with van der Waals surface area (Å²) in [5.41, 5.74) is 3.79. The molecule has 5 aromatic rings. The van der Waals surface area contributed by atoms with Crippen LogP contribution in [-0.4, -0.2) is 147 Å². The Kier molecular flexibility index (Phi) is 13.2. The average Bonchev–Trinajstić information content (AvgIpc) is 4.11. The largest absolute Gasteiger partial charge is 0.445 e. The number of hydrogen-bond acceptors (Lipinski definition) is 13. The maximum absolute atomic E-state index is 15.2. The fraction of sp³-hybridized carbons (Fsp3) is 0.288. The topological polar surface area (TPSA) is 182 Å². The molecule has 372 valence electrons. The van der Waals surface area contributed by atoms with Crippen molar-refractivity contribution in [1.82, 2.24) is 20.0 Å². The Labute approximate surface area is 413 Å². The second-order valence-electron chi connectivity index (χ2n) is 17.8. The summed E-state index contributed by atoms with van der Waals surface area (Å²) >= 11 is 0. The molecule has 0 aromatic heterocycles. The Bertz CT molecular complexity index is 2900. The molecule has 0 aliphatic carbocycles. The smallest absolute Gasteiger partial charge is 0.414 e. The molecule has 18 nitrogen and oxygen atoms in total. The van der Waals surface area contributed by atoms with Gasteiger partial charge in [-0.2, -0.15) is 0 Å². The molecular formula is C52H50F2N8O10. The minimum Gasteiger partial charge on any atom is -0.445 e. The fourth-order valence-electron chi connectivity index (χ4n) is 9.56. The third-order valence-electron chi connectivity index (χ3n) is 13.3. The molecule has 4 saturated heterocycles. The summed E-state index contributed by atoms with van der Waals surface area (Å²) in [5.74, 6) is -2.58. The SMILES string of the molecule is O=C(OCc1ccccc1)N1CCN(c2ccc(N3C[C@H](CN4C(=O)c5ccccc5C4=O)OC3=O)cc2F)CC1.O=C1c2ccccc2C(=O)N1C[C@H]1CN(c2ccc(N3CCNCC3)c(F)c2)C(=O)O1.[HH]. The highest BCUT2D eigenvalue weighted by Gasteiger charge is 2.43. The number of carbonyl (C=O) groups is 7. The number of amides is 7. The zero-order chi connectivity index (χ0) is 50.0. The highest BCUT2D eigenvalue weighted by Crippen LogP contribution is 2.32. The molecule has 6 aliphatic rings. The van der Waals surface area contributed by atoms with E-state index in [1.807, 2.05) is 40.1 Å². The van der Waals surface area contributed by atoms with Crippen LogP contribution in [0.1, 0.15) is 48.4 Å². The second-order valence-corrected chi connectivity index (χ2v) is 17.8. The molecule has 0 unspecified atom stereocenters. The summed E-state index contributed by atoms with van der Waals surface area (Å²) in [6.07, 6.45) is -3.15. The number of nitrogens with zero attached hydrogens (tertiary/aromatic N) is 7. The molecule has 5 aromatic carbocycles. The third kappa shape index (κ3) is 9.47. The zero-order valence-electron chi connectivity index (χ0n) is 38.8. The lowest BCUT2D eigenvalue weighted by Gasteiger charge is -2.35. The van der Waals surface area contributed by atoms with E-state index in [4.69, 9.17) is 14.2 Å². The van der Waals surface area contributed by atoms with E-state index < -0.39 is 65.8 Å². The Hall–Kier alpha value is -8.39. The minimum atomic E-state index is -0.748. The van der Waals surface area contributed by atoms with Crippen LogP contribution in [0.3, 0.4) is 0 Å². The zero-order valence-corrected chi connectivity index (χ0v) is 38.8. The summed E-state index contributed by atoms with van der Waals surface area (Å²) in [6.45, 7) is 4.85. The van der Waals surface area contributed by atoms with E-state index in [1.54, 1.807) is 77.7 Å². The number of rotatable bonds is 10. The third-order valence-corrected chi connectivity index (χ3v) is 13.3. The van der Waals surface area contributed by atoms with E-state index in [9.17, 15) is 38.0 Å². The van der Waals surface area contributed by atoms with Crippen molar-refractivity contribution in [2.75, 3.05) is 98.1 Å². The van der Waals surface area contributed by atoms with Crippen molar-refractivity contribution >= 4 is 64.7 Å². The monoisotopic (exact) mass is 984 g/mol. The number of imide groups is 2. The molecule has 4 fully saturated rings. The number of nitrogens with one attached hydrogen (secondary N) is 1. The summed E-state index contributed by atoms with van der Waals surface area (Å²) < 4.78 is 46.2. The lowest BCUT2D eigenvalue weighted by Crippen LogP contribution is -2.49. The number of cyclic esters (lactones) is 2. The first kappa shape index (κ1) is 47.3. The first-order chi connectivity index (χ1) is 34.9. The lowest BCUT2D eigenvalue weighted by molar-refractivity contribution is 0.0550. The van der Waals surface area contributed by atoms with E-state index in [0.717, 1.165) is 28.5 Å². The number of piperazine rings is 2. The van der Waals surface area contributed by atoms with Crippen molar-refractivity contribution in [3.63, 3.8) is 0 Å². The molecule has 0 bridgehead atoms. The average molecular weight is 985 g/mol. The summed E-state index contributed by atoms with van der Waals surface area (Å²) in [5, 5.41) is 3.23. The van der Waals surface area contributed by atoms with Crippen LogP contribution in [0.25, 0.3) is 0 Å². The van der Waals surface area contributed by atoms with Gasteiger partial charge in [0.1, 0.15) is 30.4 Å². The molecule has 0 spiro atoms. The van der Waals surface area contributed by atoms with Gasteiger partial charge in [0.05, 0.1) is 71.2 Å². The summed E-state index contributed by atoms with van der Waals surface area (Å²) in [4.78, 5) is 98.1. The molecule has 1 N–H and O–H groups in total. The van der Waals surface area contributed by atoms with Gasteiger partial charge in [-0.3, -0.25) is 38.8 Å². The van der Waals surface area contributed by atoms with Crippen molar-refractivity contribution < 1.29 is 58.0 Å². The molecule has 11 rings (SSSR count). The van der Waals surface area contributed by atoms with Crippen LogP contribution in [-0.2, 0) is 20.8 Å². The molecule has 6 heterocycles. The Morgan fingerprint density at radius 1 is 0.556 bits per heavy atom. The number of halogens is 2. The number of ether oxygens (including phenoxy) is 3. The fourth-order valence-corrected chi connectivity index (χ4v) is 9.56. The van der Waals surface area contributed by atoms with Gasteiger partial charge in [0, 0.05) is 53.8 Å². The molecule has 7 amide bonds. The number of fused-ring (bicyclic) bond motifs is 2. The quantitative estimate of drug-likeness (QED) is 0.127. The standard InChI is InChI=1S/C30H27FN4O6.C22H21FN4O4.H2/c31-25-16-21(34-17-22(41-30(34)39)18-35-27(36)23-8-4-5-9-24(23)28(35)37)10-11-26(25)32-12-14-33(15-13-32)29(38)40-19-20-6-2-1-3-7-20;23-18-11-14(5-6-19(18)25-9-7-24-8-10-25)26-12-15(31-22(26)30)13-27-20(28)16-3-1-2-4-17(16)21(27)29;/h1-11,16,22H,12-15,17-19H2;1-6,11,15,24H,7-10,12-13H2;1H/t22-;15-;/m11./s1. The highest BCUT2D eigenvalue weighted by molar-refractivity contribution is 6.22. The van der Waals surface area contributed by atoms with Crippen LogP contribution in [0.2, 0.25) is 0 Å². The van der Waals surface area contributed by atoms with Crippen LogP contribution in [0.4, 0.5) is 45.9 Å². The van der Waals surface area contributed by atoms with Crippen molar-refractivity contribution in [3.05, 3.63) is 155 Å². The molecule has 20 heteroatoms. The first-order valence-electron chi connectivity index (χ1n) is 23.5. The molecule has 6 aliphatic heterocycles. The summed E-state index contributed by atoms with van der Waals surface area (Å²) in [6, 6.07) is 31.7. The first-order valence-corrected chi connectivity index (χ1v) is 23.5. The van der Waals surface area contributed by atoms with Gasteiger partial charge in [0.25, 0.3) is 23.6 Å². The molecular weight excluding hydrogens is 935 g/mol. The van der Waals surface area contributed by atoms with E-state index >= 15 is 4.39 Å². The Balaban J connectivity index is 0.000000184. The highest BCUT2D eigenvalue weighted by atomic mass is 19.1. The van der Waals surface area contributed by atoms with Gasteiger partial charge in [0.2, 0.25) is 0 Å². The normalized spacial score (nSPS) is 19.6. The van der Waals surface area contributed by atoms with Gasteiger partial charge in [-0.25, -0.2) is 23.2 Å². The van der Waals surface area contributed by atoms with Gasteiger partial charge < -0.3 is 34.2 Å². The van der Waals surface area contributed by atoms with Gasteiger partial charge in [-0.05, 0) is 66.2 Å². The van der Waals surface area contributed by atoms with E-state index in [0.29, 0.717) is 84.3 Å². The van der Waals surface area contributed by atoms with Crippen LogP contribution in [0, 0.1) is 11.6 Å². The Morgan fingerprint density at radius 3 is 1.40 bits per heavy atom.